The molecule has 1 fully saturated rings. The van der Waals surface area contributed by atoms with Crippen molar-refractivity contribution in [3.05, 3.63) is 64.7 Å². The van der Waals surface area contributed by atoms with E-state index in [4.69, 9.17) is 11.6 Å². The zero-order chi connectivity index (χ0) is 19.4. The lowest BCUT2D eigenvalue weighted by atomic mass is 9.97. The van der Waals surface area contributed by atoms with E-state index in [2.05, 4.69) is 5.32 Å². The van der Waals surface area contributed by atoms with Gasteiger partial charge in [-0.2, -0.15) is 0 Å². The van der Waals surface area contributed by atoms with E-state index in [1.165, 1.54) is 4.31 Å². The van der Waals surface area contributed by atoms with Gasteiger partial charge in [-0.05, 0) is 43.5 Å². The van der Waals surface area contributed by atoms with Gasteiger partial charge in [-0.3, -0.25) is 4.79 Å². The van der Waals surface area contributed by atoms with Gasteiger partial charge in [-0.15, -0.1) is 0 Å². The van der Waals surface area contributed by atoms with Crippen LogP contribution in [0.15, 0.2) is 48.5 Å². The minimum absolute atomic E-state index is 0.0537. The standard InChI is InChI=1S/C20H23ClN2O3S/c1-15-6-8-18(9-7-15)22-20(24)16-10-12-23(13-11-16)27(25,26)14-17-4-2-3-5-19(17)21/h2-9,16H,10-14H2,1H3,(H,22,24). The number of benzene rings is 2. The Balaban J connectivity index is 1.57. The third-order valence-electron chi connectivity index (χ3n) is 4.83. The van der Waals surface area contributed by atoms with Gasteiger partial charge in [0.25, 0.3) is 0 Å². The molecule has 0 atom stereocenters. The molecule has 1 aliphatic rings. The molecule has 0 radical (unpaired) electrons. The average Bonchev–Trinajstić information content (AvgIpc) is 2.65. The number of carbonyl (C=O) groups excluding carboxylic acids is 1. The van der Waals surface area contributed by atoms with Crippen LogP contribution in [0.3, 0.4) is 0 Å². The maximum Gasteiger partial charge on any atom is 0.227 e. The quantitative estimate of drug-likeness (QED) is 0.820. The second kappa shape index (κ2) is 8.42. The zero-order valence-electron chi connectivity index (χ0n) is 15.2. The average molecular weight is 407 g/mol. The first-order chi connectivity index (χ1) is 12.8. The van der Waals surface area contributed by atoms with Crippen LogP contribution in [0.4, 0.5) is 5.69 Å². The van der Waals surface area contributed by atoms with Crippen molar-refractivity contribution in [1.29, 1.82) is 0 Å². The molecule has 0 aliphatic carbocycles. The first-order valence-corrected chi connectivity index (χ1v) is 10.9. The second-order valence-corrected chi connectivity index (χ2v) is 9.25. The first-order valence-electron chi connectivity index (χ1n) is 8.94. The Bertz CT molecular complexity index is 905. The topological polar surface area (TPSA) is 66.5 Å². The molecule has 3 rings (SSSR count). The van der Waals surface area contributed by atoms with E-state index in [0.29, 0.717) is 36.5 Å². The maximum atomic E-state index is 12.7. The van der Waals surface area contributed by atoms with E-state index in [1.807, 2.05) is 31.2 Å². The highest BCUT2D eigenvalue weighted by atomic mass is 35.5. The highest BCUT2D eigenvalue weighted by Crippen LogP contribution is 2.25. The highest BCUT2D eigenvalue weighted by Gasteiger charge is 2.31. The third-order valence-corrected chi connectivity index (χ3v) is 7.03. The maximum absolute atomic E-state index is 12.7. The summed E-state index contributed by atoms with van der Waals surface area (Å²) in [6.07, 6.45) is 1.03. The van der Waals surface area contributed by atoms with Gasteiger partial charge in [0.2, 0.25) is 15.9 Å². The largest absolute Gasteiger partial charge is 0.326 e. The zero-order valence-corrected chi connectivity index (χ0v) is 16.8. The predicted octanol–water partition coefficient (Wildman–Crippen LogP) is 3.83. The number of carbonyl (C=O) groups is 1. The minimum atomic E-state index is -3.45. The summed E-state index contributed by atoms with van der Waals surface area (Å²) < 4.78 is 26.8. The molecule has 0 aromatic heterocycles. The number of hydrogen-bond donors (Lipinski definition) is 1. The minimum Gasteiger partial charge on any atom is -0.326 e. The fourth-order valence-corrected chi connectivity index (χ4v) is 5.06. The van der Waals surface area contributed by atoms with Crippen LogP contribution in [-0.4, -0.2) is 31.7 Å². The lowest BCUT2D eigenvalue weighted by Gasteiger charge is -2.30. The summed E-state index contributed by atoms with van der Waals surface area (Å²) in [5.41, 5.74) is 2.49. The molecule has 0 unspecified atom stereocenters. The van der Waals surface area contributed by atoms with Crippen molar-refractivity contribution >= 4 is 33.2 Å². The van der Waals surface area contributed by atoms with Crippen LogP contribution in [0.1, 0.15) is 24.0 Å². The Hall–Kier alpha value is -1.89. The van der Waals surface area contributed by atoms with E-state index in [1.54, 1.807) is 24.3 Å². The molecule has 144 valence electrons. The molecule has 2 aromatic carbocycles. The van der Waals surface area contributed by atoms with Crippen LogP contribution < -0.4 is 5.32 Å². The van der Waals surface area contributed by atoms with E-state index < -0.39 is 10.0 Å². The number of amides is 1. The summed E-state index contributed by atoms with van der Waals surface area (Å²) in [5.74, 6) is -0.354. The molecule has 27 heavy (non-hydrogen) atoms. The van der Waals surface area contributed by atoms with Crippen LogP contribution in [-0.2, 0) is 20.6 Å². The number of anilines is 1. The van der Waals surface area contributed by atoms with Gasteiger partial charge in [0.1, 0.15) is 0 Å². The van der Waals surface area contributed by atoms with Crippen LogP contribution in [0, 0.1) is 12.8 Å². The normalized spacial score (nSPS) is 16.2. The monoisotopic (exact) mass is 406 g/mol. The van der Waals surface area contributed by atoms with Gasteiger partial charge < -0.3 is 5.32 Å². The summed E-state index contributed by atoms with van der Waals surface area (Å²) in [6, 6.07) is 14.6. The molecular formula is C20H23ClN2O3S. The van der Waals surface area contributed by atoms with Crippen molar-refractivity contribution in [1.82, 2.24) is 4.31 Å². The number of rotatable bonds is 5. The fraction of sp³-hybridized carbons (Fsp3) is 0.350. The first kappa shape index (κ1) is 19.9. The molecular weight excluding hydrogens is 384 g/mol. The number of halogens is 1. The van der Waals surface area contributed by atoms with E-state index in [-0.39, 0.29) is 17.6 Å². The summed E-state index contributed by atoms with van der Waals surface area (Å²) in [6.45, 7) is 2.68. The lowest BCUT2D eigenvalue weighted by Crippen LogP contribution is -2.41. The molecule has 0 bridgehead atoms. The van der Waals surface area contributed by atoms with E-state index >= 15 is 0 Å². The van der Waals surface area contributed by atoms with Gasteiger partial charge in [0.15, 0.2) is 0 Å². The van der Waals surface area contributed by atoms with Crippen LogP contribution in [0.25, 0.3) is 0 Å². The molecule has 5 nitrogen and oxygen atoms in total. The summed E-state index contributed by atoms with van der Waals surface area (Å²) in [5, 5.41) is 3.37. The van der Waals surface area contributed by atoms with Gasteiger partial charge in [0.05, 0.1) is 5.75 Å². The number of piperidine rings is 1. The number of sulfonamides is 1. The van der Waals surface area contributed by atoms with Crippen LogP contribution in [0.2, 0.25) is 5.02 Å². The van der Waals surface area contributed by atoms with Gasteiger partial charge in [-0.1, -0.05) is 47.5 Å². The van der Waals surface area contributed by atoms with Gasteiger partial charge >= 0.3 is 0 Å². The molecule has 1 saturated heterocycles. The highest BCUT2D eigenvalue weighted by molar-refractivity contribution is 7.88. The molecule has 0 spiro atoms. The number of nitrogens with zero attached hydrogens (tertiary/aromatic N) is 1. The Morgan fingerprint density at radius 1 is 1.11 bits per heavy atom. The van der Waals surface area contributed by atoms with Crippen molar-refractivity contribution in [3.8, 4) is 0 Å². The van der Waals surface area contributed by atoms with E-state index in [0.717, 1.165) is 11.3 Å². The van der Waals surface area contributed by atoms with Crippen molar-refractivity contribution < 1.29 is 13.2 Å². The third kappa shape index (κ3) is 5.09. The van der Waals surface area contributed by atoms with Crippen LogP contribution >= 0.6 is 11.6 Å². The molecule has 0 saturated carbocycles. The molecule has 7 heteroatoms. The smallest absolute Gasteiger partial charge is 0.227 e. The van der Waals surface area contributed by atoms with E-state index in [9.17, 15) is 13.2 Å². The summed E-state index contributed by atoms with van der Waals surface area (Å²) >= 11 is 6.08. The second-order valence-electron chi connectivity index (χ2n) is 6.88. The van der Waals surface area contributed by atoms with Crippen molar-refractivity contribution in [2.24, 2.45) is 5.92 Å². The van der Waals surface area contributed by atoms with Crippen molar-refractivity contribution in [2.45, 2.75) is 25.5 Å². The summed E-state index contributed by atoms with van der Waals surface area (Å²) in [4.78, 5) is 12.4. The molecule has 1 N–H and O–H groups in total. The SMILES string of the molecule is Cc1ccc(NC(=O)C2CCN(S(=O)(=O)Cc3ccccc3Cl)CC2)cc1. The number of hydrogen-bond acceptors (Lipinski definition) is 3. The van der Waals surface area contributed by atoms with Crippen molar-refractivity contribution in [2.75, 3.05) is 18.4 Å². The molecule has 1 amide bonds. The Morgan fingerprint density at radius 2 is 1.74 bits per heavy atom. The van der Waals surface area contributed by atoms with Gasteiger partial charge in [0, 0.05) is 29.7 Å². The number of aryl methyl sites for hydroxylation is 1. The molecule has 1 heterocycles. The summed E-state index contributed by atoms with van der Waals surface area (Å²) in [7, 11) is -3.45. The van der Waals surface area contributed by atoms with Crippen molar-refractivity contribution in [3.63, 3.8) is 0 Å². The Kier molecular flexibility index (Phi) is 6.19. The predicted molar refractivity (Wildman–Crippen MR) is 108 cm³/mol. The lowest BCUT2D eigenvalue weighted by molar-refractivity contribution is -0.120. The van der Waals surface area contributed by atoms with Crippen LogP contribution in [0.5, 0.6) is 0 Å². The molecule has 1 aliphatic heterocycles. The molecule has 2 aromatic rings. The number of nitrogens with one attached hydrogen (secondary N) is 1. The Labute approximate surface area is 165 Å². The fourth-order valence-electron chi connectivity index (χ4n) is 3.18. The Morgan fingerprint density at radius 3 is 2.37 bits per heavy atom. The van der Waals surface area contributed by atoms with Gasteiger partial charge in [-0.25, -0.2) is 12.7 Å².